The Hall–Kier alpha value is -2.53. The largest absolute Gasteiger partial charge is 0.460 e. The molecule has 3 aliphatic rings. The van der Waals surface area contributed by atoms with E-state index in [2.05, 4.69) is 16.7 Å². The first-order valence-corrected chi connectivity index (χ1v) is 21.5. The summed E-state index contributed by atoms with van der Waals surface area (Å²) in [6.45, 7) is 15.6. The van der Waals surface area contributed by atoms with Gasteiger partial charge in [-0.1, -0.05) is 44.2 Å². The molecule has 3 aliphatic heterocycles. The van der Waals surface area contributed by atoms with Crippen LogP contribution in [0.5, 0.6) is 0 Å². The van der Waals surface area contributed by atoms with E-state index in [-0.39, 0.29) is 34.8 Å². The minimum absolute atomic E-state index is 0.0344. The van der Waals surface area contributed by atoms with Gasteiger partial charge >= 0.3 is 5.97 Å². The van der Waals surface area contributed by atoms with Gasteiger partial charge in [0, 0.05) is 58.3 Å². The minimum atomic E-state index is -3.69. The number of ether oxygens (including phenoxy) is 4. The van der Waals surface area contributed by atoms with E-state index in [1.54, 1.807) is 44.3 Å². The molecule has 0 unspecified atom stereocenters. The second kappa shape index (κ2) is 17.8. The number of hydrogen-bond acceptors (Lipinski definition) is 12. The highest BCUT2D eigenvalue weighted by molar-refractivity contribution is 7.89. The third-order valence-electron chi connectivity index (χ3n) is 12.5. The summed E-state index contributed by atoms with van der Waals surface area (Å²) in [5.74, 6) is -1.78. The van der Waals surface area contributed by atoms with E-state index < -0.39 is 57.5 Å². The fourth-order valence-corrected chi connectivity index (χ4v) is 10.5. The number of aliphatic hydroxyl groups is 1. The summed E-state index contributed by atoms with van der Waals surface area (Å²) in [5, 5.41) is 13.3. The molecule has 3 heterocycles. The molecule has 2 aromatic carbocycles. The fraction of sp³-hybridized carbons (Fsp3) is 0.714. The number of likely N-dealkylation sites (N-methyl/N-ethyl adjacent to an activating group) is 2. The molecule has 0 bridgehead atoms. The molecular formula is C42H66N4O9S. The number of benzene rings is 2. The number of piperazine rings is 1. The van der Waals surface area contributed by atoms with Crippen LogP contribution in [0, 0.1) is 17.3 Å². The Balaban J connectivity index is 1.36. The monoisotopic (exact) mass is 802 g/mol. The quantitative estimate of drug-likeness (QED) is 0.307. The Kier molecular flexibility index (Phi) is 14.1. The zero-order valence-corrected chi connectivity index (χ0v) is 36.1. The van der Waals surface area contributed by atoms with Crippen LogP contribution in [0.25, 0.3) is 10.8 Å². The summed E-state index contributed by atoms with van der Waals surface area (Å²) in [7, 11) is 3.74. The summed E-state index contributed by atoms with van der Waals surface area (Å²) in [5.41, 5.74) is -2.53. The Morgan fingerprint density at radius 2 is 1.61 bits per heavy atom. The number of nitrogens with zero attached hydrogens (tertiary/aromatic N) is 4. The Bertz CT molecular complexity index is 1780. The molecule has 3 fully saturated rings. The number of hydrogen-bond donors (Lipinski definition) is 1. The normalized spacial score (nSPS) is 35.1. The van der Waals surface area contributed by atoms with Crippen LogP contribution in [0.2, 0.25) is 0 Å². The van der Waals surface area contributed by atoms with Crippen LogP contribution in [0.4, 0.5) is 0 Å². The van der Waals surface area contributed by atoms with Gasteiger partial charge < -0.3 is 29.0 Å². The third-order valence-corrected chi connectivity index (χ3v) is 14.4. The van der Waals surface area contributed by atoms with Crippen molar-refractivity contribution in [2.75, 3.05) is 67.5 Å². The molecule has 0 saturated carbocycles. The van der Waals surface area contributed by atoms with E-state index in [1.807, 2.05) is 77.1 Å². The summed E-state index contributed by atoms with van der Waals surface area (Å²) < 4.78 is 54.3. The molecule has 0 radical (unpaired) electrons. The summed E-state index contributed by atoms with van der Waals surface area (Å²) >= 11 is 0. The van der Waals surface area contributed by atoms with E-state index in [0.717, 1.165) is 10.8 Å². The summed E-state index contributed by atoms with van der Waals surface area (Å²) in [4.78, 5) is 35.2. The number of Topliss-reactive ketones (excluding diaryl/α,β-unsaturated/α-hetero) is 1. The second-order valence-electron chi connectivity index (χ2n) is 17.6. The standard InChI is InChI=1S/C42H66N4O9S/c1-27-24-42(7,52-11)38(55-39-36(47)34(43(8)9)22-28(2)53-39)29(3)37(48)41(5,6)40(49)54-30(4)35(44(10)25-27)26-45-18-20-46(21-19-45)56(50,51)33-17-16-31-14-12-13-15-32(31)23-33/h12-17,23,27-30,34-36,38-39,47H,18-22,24-26H2,1-11H3/t27-,28-,29+,30+,34+,35+,36-,38-,39+,42-/m1/s1. The molecule has 0 amide bonds. The first kappa shape index (κ1) is 44.6. The molecule has 10 atom stereocenters. The molecule has 14 heteroatoms. The van der Waals surface area contributed by atoms with E-state index in [9.17, 15) is 23.1 Å². The highest BCUT2D eigenvalue weighted by Crippen LogP contribution is 2.38. The van der Waals surface area contributed by atoms with Gasteiger partial charge in [-0.3, -0.25) is 19.4 Å². The zero-order valence-electron chi connectivity index (χ0n) is 35.3. The van der Waals surface area contributed by atoms with E-state index in [4.69, 9.17) is 18.9 Å². The first-order valence-electron chi connectivity index (χ1n) is 20.1. The third kappa shape index (κ3) is 9.50. The van der Waals surface area contributed by atoms with Crippen molar-refractivity contribution in [3.8, 4) is 0 Å². The maximum atomic E-state index is 14.5. The van der Waals surface area contributed by atoms with Crippen molar-refractivity contribution in [1.82, 2.24) is 19.0 Å². The molecule has 13 nitrogen and oxygen atoms in total. The molecule has 5 rings (SSSR count). The van der Waals surface area contributed by atoms with Crippen molar-refractivity contribution in [1.29, 1.82) is 0 Å². The Morgan fingerprint density at radius 3 is 2.23 bits per heavy atom. The average molecular weight is 803 g/mol. The first-order chi connectivity index (χ1) is 26.2. The Labute approximate surface area is 334 Å². The van der Waals surface area contributed by atoms with Crippen molar-refractivity contribution in [3.63, 3.8) is 0 Å². The maximum absolute atomic E-state index is 14.5. The second-order valence-corrected chi connectivity index (χ2v) is 19.5. The highest BCUT2D eigenvalue weighted by Gasteiger charge is 2.52. The van der Waals surface area contributed by atoms with Crippen LogP contribution < -0.4 is 0 Å². The summed E-state index contributed by atoms with van der Waals surface area (Å²) in [6.07, 6.45) is -2.51. The zero-order chi connectivity index (χ0) is 41.3. The predicted molar refractivity (Wildman–Crippen MR) is 216 cm³/mol. The van der Waals surface area contributed by atoms with E-state index >= 15 is 0 Å². The van der Waals surface area contributed by atoms with Gasteiger partial charge in [0.05, 0.1) is 28.7 Å². The number of carbonyl (C=O) groups is 2. The smallest absolute Gasteiger partial charge is 0.319 e. The average Bonchev–Trinajstić information content (AvgIpc) is 3.15. The SMILES string of the molecule is CO[C@]1(C)C[C@@H](C)CN(C)[C@@H](CN2CCN(S(=O)(=O)c3ccc4ccccc4c3)CC2)[C@H](C)OC(=O)C(C)(C)C(=O)[C@H](C)[C@H]1O[C@@H]1O[C@H](C)C[C@H](N(C)C)[C@H]1O. The van der Waals surface area contributed by atoms with Gasteiger partial charge in [-0.05, 0) is 97.4 Å². The fourth-order valence-electron chi connectivity index (χ4n) is 9.03. The van der Waals surface area contributed by atoms with Gasteiger partial charge in [0.2, 0.25) is 10.0 Å². The highest BCUT2D eigenvalue weighted by atomic mass is 32.2. The molecule has 2 aromatic rings. The lowest BCUT2D eigenvalue weighted by Crippen LogP contribution is -2.59. The lowest BCUT2D eigenvalue weighted by atomic mass is 9.74. The van der Waals surface area contributed by atoms with Crippen molar-refractivity contribution in [2.24, 2.45) is 17.3 Å². The minimum Gasteiger partial charge on any atom is -0.460 e. The van der Waals surface area contributed by atoms with Crippen molar-refractivity contribution in [2.45, 2.75) is 115 Å². The molecule has 1 N–H and O–H groups in total. The van der Waals surface area contributed by atoms with Gasteiger partial charge in [-0.2, -0.15) is 4.31 Å². The van der Waals surface area contributed by atoms with Crippen molar-refractivity contribution in [3.05, 3.63) is 42.5 Å². The van der Waals surface area contributed by atoms with E-state index in [0.29, 0.717) is 52.1 Å². The van der Waals surface area contributed by atoms with Gasteiger partial charge in [0.25, 0.3) is 0 Å². The molecule has 314 valence electrons. The van der Waals surface area contributed by atoms with Crippen molar-refractivity contribution < 1.29 is 42.1 Å². The number of esters is 1. The number of aliphatic hydroxyl groups excluding tert-OH is 1. The van der Waals surface area contributed by atoms with Crippen molar-refractivity contribution >= 4 is 32.5 Å². The van der Waals surface area contributed by atoms with Crippen LogP contribution in [0.15, 0.2) is 47.4 Å². The van der Waals surface area contributed by atoms with Gasteiger partial charge in [0.15, 0.2) is 12.1 Å². The Morgan fingerprint density at radius 1 is 0.964 bits per heavy atom. The van der Waals surface area contributed by atoms with Crippen LogP contribution in [0.1, 0.15) is 61.3 Å². The number of cyclic esters (lactones) is 1. The number of ketones is 1. The van der Waals surface area contributed by atoms with Crippen LogP contribution in [-0.4, -0.2) is 160 Å². The van der Waals surface area contributed by atoms with Crippen LogP contribution in [0.3, 0.4) is 0 Å². The molecule has 3 saturated heterocycles. The lowest BCUT2D eigenvalue weighted by Gasteiger charge is -2.47. The van der Waals surface area contributed by atoms with Crippen LogP contribution in [-0.2, 0) is 38.6 Å². The van der Waals surface area contributed by atoms with E-state index in [1.165, 1.54) is 0 Å². The molecule has 0 aliphatic carbocycles. The number of carbonyl (C=O) groups excluding carboxylic acids is 2. The van der Waals surface area contributed by atoms with Gasteiger partial charge in [-0.15, -0.1) is 0 Å². The van der Waals surface area contributed by atoms with Gasteiger partial charge in [0.1, 0.15) is 17.6 Å². The number of methoxy groups -OCH3 is 1. The topological polar surface area (TPSA) is 138 Å². The number of fused-ring (bicyclic) bond motifs is 1. The molecule has 0 spiro atoms. The van der Waals surface area contributed by atoms with Gasteiger partial charge in [-0.25, -0.2) is 8.42 Å². The molecule has 56 heavy (non-hydrogen) atoms. The predicted octanol–water partition coefficient (Wildman–Crippen LogP) is 3.87. The van der Waals surface area contributed by atoms with Crippen LogP contribution >= 0.6 is 0 Å². The molecule has 0 aromatic heterocycles. The number of sulfonamides is 1. The lowest BCUT2D eigenvalue weighted by molar-refractivity contribution is -0.295. The summed E-state index contributed by atoms with van der Waals surface area (Å²) in [6, 6.07) is 12.5. The molecular weight excluding hydrogens is 737 g/mol. The number of rotatable bonds is 8. The maximum Gasteiger partial charge on any atom is 0.319 e.